The molecule has 3 aromatic rings. The van der Waals surface area contributed by atoms with Crippen LogP contribution in [0, 0.1) is 6.92 Å². The van der Waals surface area contributed by atoms with Crippen molar-refractivity contribution in [3.05, 3.63) is 51.8 Å². The molecule has 4 rings (SSSR count). The predicted molar refractivity (Wildman–Crippen MR) is 105 cm³/mol. The highest BCUT2D eigenvalue weighted by Crippen LogP contribution is 2.26. The average Bonchev–Trinajstić information content (AvgIpc) is 3.32. The largest absolute Gasteiger partial charge is 0.342 e. The molecule has 1 aliphatic rings. The van der Waals surface area contributed by atoms with Crippen LogP contribution >= 0.6 is 0 Å². The summed E-state index contributed by atoms with van der Waals surface area (Å²) in [6.07, 6.45) is 4.88. The molecule has 0 aliphatic carbocycles. The van der Waals surface area contributed by atoms with E-state index in [0.29, 0.717) is 25.2 Å². The summed E-state index contributed by atoms with van der Waals surface area (Å²) in [7, 11) is 0. The Morgan fingerprint density at radius 2 is 2.21 bits per heavy atom. The van der Waals surface area contributed by atoms with Crippen LogP contribution in [0.4, 0.5) is 0 Å². The minimum atomic E-state index is -0.0913. The van der Waals surface area contributed by atoms with Crippen molar-refractivity contribution in [3.8, 4) is 0 Å². The molecule has 148 valence electrons. The predicted octanol–water partition coefficient (Wildman–Crippen LogP) is 1.89. The Balaban J connectivity index is 1.47. The Labute approximate surface area is 163 Å². The fourth-order valence-corrected chi connectivity index (χ4v) is 3.90. The third-order valence-corrected chi connectivity index (χ3v) is 5.57. The summed E-state index contributed by atoms with van der Waals surface area (Å²) in [6.45, 7) is 6.03. The zero-order chi connectivity index (χ0) is 19.7. The molecule has 1 fully saturated rings. The van der Waals surface area contributed by atoms with Gasteiger partial charge in [0.25, 0.3) is 5.56 Å². The van der Waals surface area contributed by atoms with Gasteiger partial charge in [-0.25, -0.2) is 9.50 Å². The highest BCUT2D eigenvalue weighted by atomic mass is 16.2. The number of aromatic amines is 1. The standard InChI is InChI=1S/C20H26N6O2/c1-3-16-11-20(28)26-18(22-16)12-17(23-26)15-5-4-9-24(13-15)19(27)7-10-25-14(2)6-8-21-25/h6,8,11-12,15,23H,3-5,7,9-10,13H2,1-2H3. The summed E-state index contributed by atoms with van der Waals surface area (Å²) in [4.78, 5) is 31.4. The molecule has 0 aromatic carbocycles. The minimum absolute atomic E-state index is 0.0913. The zero-order valence-electron chi connectivity index (χ0n) is 16.4. The summed E-state index contributed by atoms with van der Waals surface area (Å²) in [6, 6.07) is 5.46. The summed E-state index contributed by atoms with van der Waals surface area (Å²) in [5.41, 5.74) is 3.39. The Morgan fingerprint density at radius 1 is 1.36 bits per heavy atom. The lowest BCUT2D eigenvalue weighted by Crippen LogP contribution is -2.39. The maximum absolute atomic E-state index is 12.7. The minimum Gasteiger partial charge on any atom is -0.342 e. The third-order valence-electron chi connectivity index (χ3n) is 5.57. The zero-order valence-corrected chi connectivity index (χ0v) is 16.4. The molecular formula is C20H26N6O2. The number of carbonyl (C=O) groups is 1. The number of aromatic nitrogens is 5. The molecule has 8 nitrogen and oxygen atoms in total. The van der Waals surface area contributed by atoms with Crippen LogP contribution in [0.2, 0.25) is 0 Å². The van der Waals surface area contributed by atoms with E-state index in [9.17, 15) is 9.59 Å². The Kier molecular flexibility index (Phi) is 5.02. The van der Waals surface area contributed by atoms with Gasteiger partial charge in [-0.1, -0.05) is 6.92 Å². The van der Waals surface area contributed by atoms with E-state index in [1.165, 1.54) is 4.52 Å². The molecule has 28 heavy (non-hydrogen) atoms. The normalized spacial score (nSPS) is 17.4. The number of carbonyl (C=O) groups excluding carboxylic acids is 1. The highest BCUT2D eigenvalue weighted by molar-refractivity contribution is 5.76. The van der Waals surface area contributed by atoms with Crippen LogP contribution in [0.15, 0.2) is 29.2 Å². The molecule has 3 aromatic heterocycles. The van der Waals surface area contributed by atoms with E-state index in [1.807, 2.05) is 35.6 Å². The molecule has 0 spiro atoms. The maximum atomic E-state index is 12.7. The average molecular weight is 382 g/mol. The molecule has 0 bridgehead atoms. The molecule has 0 radical (unpaired) electrons. The third kappa shape index (κ3) is 3.58. The Bertz CT molecular complexity index is 1050. The number of fused-ring (bicyclic) bond motifs is 1. The molecule has 1 atom stereocenters. The lowest BCUT2D eigenvalue weighted by molar-refractivity contribution is -0.132. The topological polar surface area (TPSA) is 88.3 Å². The van der Waals surface area contributed by atoms with E-state index in [-0.39, 0.29) is 17.4 Å². The Hall–Kier alpha value is -2.90. The molecule has 1 unspecified atom stereocenters. The monoisotopic (exact) mass is 382 g/mol. The van der Waals surface area contributed by atoms with Crippen LogP contribution in [0.1, 0.15) is 49.2 Å². The lowest BCUT2D eigenvalue weighted by Gasteiger charge is -2.32. The summed E-state index contributed by atoms with van der Waals surface area (Å²) in [5, 5.41) is 7.44. The molecule has 0 saturated carbocycles. The molecule has 8 heteroatoms. The second kappa shape index (κ2) is 7.61. The number of aryl methyl sites for hydroxylation is 3. The van der Waals surface area contributed by atoms with Gasteiger partial charge in [-0.3, -0.25) is 19.4 Å². The van der Waals surface area contributed by atoms with Crippen molar-refractivity contribution >= 4 is 11.6 Å². The van der Waals surface area contributed by atoms with E-state index in [0.717, 1.165) is 42.9 Å². The van der Waals surface area contributed by atoms with Crippen molar-refractivity contribution in [2.75, 3.05) is 13.1 Å². The first-order valence-electron chi connectivity index (χ1n) is 9.93. The van der Waals surface area contributed by atoms with Gasteiger partial charge in [0.05, 0.1) is 0 Å². The first-order chi connectivity index (χ1) is 13.5. The van der Waals surface area contributed by atoms with Crippen LogP contribution in [-0.4, -0.2) is 48.3 Å². The molecule has 1 aliphatic heterocycles. The van der Waals surface area contributed by atoms with Gasteiger partial charge in [0.1, 0.15) is 0 Å². The van der Waals surface area contributed by atoms with Crippen molar-refractivity contribution in [3.63, 3.8) is 0 Å². The van der Waals surface area contributed by atoms with E-state index < -0.39 is 0 Å². The SMILES string of the molecule is CCc1cc(=O)n2[nH]c(C3CCCN(C(=O)CCn4nccc4C)C3)cc2n1. The highest BCUT2D eigenvalue weighted by Gasteiger charge is 2.26. The number of amides is 1. The van der Waals surface area contributed by atoms with Gasteiger partial charge < -0.3 is 4.90 Å². The summed E-state index contributed by atoms with van der Waals surface area (Å²) in [5.74, 6) is 0.342. The van der Waals surface area contributed by atoms with Gasteiger partial charge in [-0.15, -0.1) is 0 Å². The quantitative estimate of drug-likeness (QED) is 0.730. The summed E-state index contributed by atoms with van der Waals surface area (Å²) >= 11 is 0. The lowest BCUT2D eigenvalue weighted by atomic mass is 9.94. The van der Waals surface area contributed by atoms with Gasteiger partial charge in [0.15, 0.2) is 5.65 Å². The van der Waals surface area contributed by atoms with Crippen LogP contribution in [0.3, 0.4) is 0 Å². The maximum Gasteiger partial charge on any atom is 0.272 e. The van der Waals surface area contributed by atoms with Crippen molar-refractivity contribution < 1.29 is 4.79 Å². The number of piperidine rings is 1. The number of hydrogen-bond donors (Lipinski definition) is 1. The Morgan fingerprint density at radius 3 is 2.96 bits per heavy atom. The smallest absolute Gasteiger partial charge is 0.272 e. The van der Waals surface area contributed by atoms with E-state index in [2.05, 4.69) is 15.2 Å². The van der Waals surface area contributed by atoms with Crippen LogP contribution in [0.5, 0.6) is 0 Å². The molecular weight excluding hydrogens is 356 g/mol. The van der Waals surface area contributed by atoms with E-state index in [4.69, 9.17) is 0 Å². The van der Waals surface area contributed by atoms with E-state index >= 15 is 0 Å². The van der Waals surface area contributed by atoms with Gasteiger partial charge in [-0.2, -0.15) is 5.10 Å². The van der Waals surface area contributed by atoms with Gasteiger partial charge in [0, 0.05) is 67.4 Å². The fourth-order valence-electron chi connectivity index (χ4n) is 3.90. The second-order valence-electron chi connectivity index (χ2n) is 7.47. The number of nitrogens with one attached hydrogen (secondary N) is 1. The first kappa shape index (κ1) is 18.5. The van der Waals surface area contributed by atoms with Crippen LogP contribution in [0.25, 0.3) is 5.65 Å². The number of H-pyrrole nitrogens is 1. The van der Waals surface area contributed by atoms with Gasteiger partial charge >= 0.3 is 0 Å². The van der Waals surface area contributed by atoms with Crippen molar-refractivity contribution in [2.45, 2.75) is 52.0 Å². The van der Waals surface area contributed by atoms with Crippen molar-refractivity contribution in [2.24, 2.45) is 0 Å². The van der Waals surface area contributed by atoms with Gasteiger partial charge in [0.2, 0.25) is 5.91 Å². The number of likely N-dealkylation sites (tertiary alicyclic amines) is 1. The van der Waals surface area contributed by atoms with Crippen LogP contribution < -0.4 is 5.56 Å². The number of rotatable bonds is 5. The fraction of sp³-hybridized carbons (Fsp3) is 0.500. The molecule has 4 heterocycles. The van der Waals surface area contributed by atoms with Crippen molar-refractivity contribution in [1.82, 2.24) is 29.3 Å². The first-order valence-corrected chi connectivity index (χ1v) is 9.93. The van der Waals surface area contributed by atoms with Gasteiger partial charge in [-0.05, 0) is 32.3 Å². The molecule has 1 amide bonds. The van der Waals surface area contributed by atoms with Crippen LogP contribution in [-0.2, 0) is 17.8 Å². The molecule has 1 N–H and O–H groups in total. The number of hydrogen-bond acceptors (Lipinski definition) is 4. The second-order valence-corrected chi connectivity index (χ2v) is 7.47. The van der Waals surface area contributed by atoms with E-state index in [1.54, 1.807) is 12.3 Å². The molecule has 1 saturated heterocycles. The number of nitrogens with zero attached hydrogens (tertiary/aromatic N) is 5. The summed E-state index contributed by atoms with van der Waals surface area (Å²) < 4.78 is 3.36. The van der Waals surface area contributed by atoms with Crippen molar-refractivity contribution in [1.29, 1.82) is 0 Å².